The van der Waals surface area contributed by atoms with Crippen molar-refractivity contribution in [1.82, 2.24) is 14.2 Å². The molecule has 0 aliphatic carbocycles. The number of carbonyl (C=O) groups is 1. The minimum atomic E-state index is -0.273. The third-order valence-corrected chi connectivity index (χ3v) is 5.42. The molecule has 3 heterocycles. The maximum absolute atomic E-state index is 12.9. The lowest BCUT2D eigenvalue weighted by atomic mass is 9.96. The first-order valence-electron chi connectivity index (χ1n) is 8.23. The summed E-state index contributed by atoms with van der Waals surface area (Å²) in [5.74, 6) is -0.166. The molecule has 6 heteroatoms. The highest BCUT2D eigenvalue weighted by Gasteiger charge is 2.32. The zero-order chi connectivity index (χ0) is 17.2. The van der Waals surface area contributed by atoms with Gasteiger partial charge in [0, 0.05) is 32.4 Å². The number of aromatic nitrogens is 1. The fourth-order valence-corrected chi connectivity index (χ4v) is 3.86. The summed E-state index contributed by atoms with van der Waals surface area (Å²) in [6.07, 6.45) is 2.14. The van der Waals surface area contributed by atoms with Crippen molar-refractivity contribution in [2.75, 3.05) is 26.2 Å². The lowest BCUT2D eigenvalue weighted by Crippen LogP contribution is -2.49. The van der Waals surface area contributed by atoms with Crippen LogP contribution in [0.15, 0.2) is 64.8 Å². The van der Waals surface area contributed by atoms with Gasteiger partial charge in [0.05, 0.1) is 6.42 Å². The van der Waals surface area contributed by atoms with E-state index in [9.17, 15) is 9.18 Å². The van der Waals surface area contributed by atoms with Gasteiger partial charge >= 0.3 is 0 Å². The molecule has 0 bridgehead atoms. The van der Waals surface area contributed by atoms with E-state index in [4.69, 9.17) is 0 Å². The molecule has 0 saturated carbocycles. The van der Waals surface area contributed by atoms with Crippen LogP contribution in [-0.4, -0.2) is 46.3 Å². The summed E-state index contributed by atoms with van der Waals surface area (Å²) in [6.45, 7) is 3.35. The van der Waals surface area contributed by atoms with Crippen molar-refractivity contribution in [3.8, 4) is 0 Å². The van der Waals surface area contributed by atoms with Gasteiger partial charge in [0.15, 0.2) is 0 Å². The largest absolute Gasteiger partial charge is 0.334 e. The Labute approximate surface area is 150 Å². The van der Waals surface area contributed by atoms with Gasteiger partial charge in [-0.15, -0.1) is 0 Å². The molecule has 25 heavy (non-hydrogen) atoms. The zero-order valence-corrected chi connectivity index (χ0v) is 14.5. The predicted molar refractivity (Wildman–Crippen MR) is 95.4 cm³/mol. The molecule has 0 N–H and O–H groups in total. The second kappa shape index (κ2) is 6.98. The predicted octanol–water partition coefficient (Wildman–Crippen LogP) is 2.92. The lowest BCUT2D eigenvalue weighted by molar-refractivity contribution is -0.131. The van der Waals surface area contributed by atoms with Crippen molar-refractivity contribution in [3.05, 3.63) is 71.2 Å². The van der Waals surface area contributed by atoms with E-state index in [1.54, 1.807) is 30.3 Å². The molecular weight excluding hydrogens is 337 g/mol. The van der Waals surface area contributed by atoms with Crippen LogP contribution in [0, 0.1) is 5.82 Å². The lowest BCUT2D eigenvalue weighted by Gasteiger charge is -2.41. The molecule has 2 aromatic rings. The van der Waals surface area contributed by atoms with E-state index in [-0.39, 0.29) is 11.7 Å². The van der Waals surface area contributed by atoms with Crippen LogP contribution in [0.5, 0.6) is 0 Å². The molecule has 0 unspecified atom stereocenters. The van der Waals surface area contributed by atoms with Gasteiger partial charge in [0.25, 0.3) is 0 Å². The first kappa shape index (κ1) is 16.3. The number of benzene rings is 1. The van der Waals surface area contributed by atoms with Crippen molar-refractivity contribution in [1.29, 1.82) is 0 Å². The van der Waals surface area contributed by atoms with Crippen LogP contribution in [0.25, 0.3) is 0 Å². The molecule has 0 radical (unpaired) electrons. The van der Waals surface area contributed by atoms with Gasteiger partial charge in [-0.3, -0.25) is 4.79 Å². The van der Waals surface area contributed by atoms with Crippen LogP contribution in [0.3, 0.4) is 0 Å². The van der Waals surface area contributed by atoms with Crippen LogP contribution in [0.4, 0.5) is 4.39 Å². The van der Waals surface area contributed by atoms with E-state index in [1.807, 2.05) is 23.1 Å². The number of hydrogen-bond acceptors (Lipinski definition) is 4. The molecule has 2 saturated heterocycles. The maximum Gasteiger partial charge on any atom is 0.227 e. The Balaban J connectivity index is 1.24. The first-order valence-corrected chi connectivity index (χ1v) is 9.00. The molecule has 1 aromatic carbocycles. The standard InChI is InChI=1S/C19H18FN3OS/c20-17-6-4-14(5-7-17)9-19(24)22-10-15(11-22)16-12-23(13-16)25-18-3-1-2-8-21-18/h1-8H,9-13H2. The van der Waals surface area contributed by atoms with Gasteiger partial charge in [-0.05, 0) is 52.9 Å². The molecule has 2 aliphatic rings. The van der Waals surface area contributed by atoms with Crippen LogP contribution < -0.4 is 0 Å². The summed E-state index contributed by atoms with van der Waals surface area (Å²) in [5, 5.41) is 1.01. The summed E-state index contributed by atoms with van der Waals surface area (Å²) in [4.78, 5) is 18.4. The van der Waals surface area contributed by atoms with Gasteiger partial charge in [0.1, 0.15) is 10.8 Å². The number of likely N-dealkylation sites (tertiary alicyclic amines) is 1. The molecule has 128 valence electrons. The summed E-state index contributed by atoms with van der Waals surface area (Å²) in [7, 11) is 0. The van der Waals surface area contributed by atoms with Crippen molar-refractivity contribution < 1.29 is 9.18 Å². The average molecular weight is 355 g/mol. The topological polar surface area (TPSA) is 36.4 Å². The third-order valence-electron chi connectivity index (χ3n) is 4.48. The van der Waals surface area contributed by atoms with Gasteiger partial charge < -0.3 is 4.90 Å². The first-order chi connectivity index (χ1) is 12.2. The number of amides is 1. The van der Waals surface area contributed by atoms with Gasteiger partial charge in [-0.2, -0.15) is 0 Å². The zero-order valence-electron chi connectivity index (χ0n) is 13.7. The molecule has 1 aromatic heterocycles. The van der Waals surface area contributed by atoms with E-state index in [2.05, 4.69) is 9.29 Å². The Bertz CT molecular complexity index is 791. The highest BCUT2D eigenvalue weighted by molar-refractivity contribution is 7.97. The molecule has 2 fully saturated rings. The van der Waals surface area contributed by atoms with Crippen molar-refractivity contribution in [2.24, 2.45) is 0 Å². The number of hydrogen-bond donors (Lipinski definition) is 0. The number of halogens is 1. The number of pyridine rings is 1. The Morgan fingerprint density at radius 3 is 2.44 bits per heavy atom. The normalized spacial score (nSPS) is 17.2. The SMILES string of the molecule is O=C(Cc1ccc(F)cc1)N1CC(=C2CN(Sc3ccccn3)C2)C1. The van der Waals surface area contributed by atoms with Crippen molar-refractivity contribution in [2.45, 2.75) is 11.4 Å². The molecule has 2 aliphatic heterocycles. The van der Waals surface area contributed by atoms with Crippen molar-refractivity contribution >= 4 is 17.9 Å². The van der Waals surface area contributed by atoms with Crippen LogP contribution in [0.1, 0.15) is 5.56 Å². The monoisotopic (exact) mass is 355 g/mol. The number of nitrogens with zero attached hydrogens (tertiary/aromatic N) is 3. The highest BCUT2D eigenvalue weighted by Crippen LogP contribution is 2.32. The van der Waals surface area contributed by atoms with E-state index in [0.717, 1.165) is 36.8 Å². The van der Waals surface area contributed by atoms with E-state index < -0.39 is 0 Å². The molecule has 0 atom stereocenters. The molecule has 0 spiro atoms. The summed E-state index contributed by atoms with van der Waals surface area (Å²) in [6, 6.07) is 12.1. The minimum Gasteiger partial charge on any atom is -0.334 e. The number of carbonyl (C=O) groups excluding carboxylic acids is 1. The maximum atomic E-state index is 12.9. The molecule has 4 nitrogen and oxygen atoms in total. The summed E-state index contributed by atoms with van der Waals surface area (Å²) in [5.41, 5.74) is 3.67. The van der Waals surface area contributed by atoms with Crippen LogP contribution >= 0.6 is 11.9 Å². The average Bonchev–Trinajstić information content (AvgIpc) is 2.54. The van der Waals surface area contributed by atoms with Gasteiger partial charge in [0.2, 0.25) is 5.91 Å². The Kier molecular flexibility index (Phi) is 4.55. The van der Waals surface area contributed by atoms with Crippen LogP contribution in [0.2, 0.25) is 0 Å². The number of rotatable bonds is 4. The summed E-state index contributed by atoms with van der Waals surface area (Å²) < 4.78 is 15.2. The second-order valence-electron chi connectivity index (χ2n) is 6.32. The fourth-order valence-electron chi connectivity index (χ4n) is 2.90. The fraction of sp³-hybridized carbons (Fsp3) is 0.263. The molecule has 1 amide bonds. The van der Waals surface area contributed by atoms with Crippen molar-refractivity contribution in [3.63, 3.8) is 0 Å². The smallest absolute Gasteiger partial charge is 0.227 e. The quantitative estimate of drug-likeness (QED) is 0.624. The Morgan fingerprint density at radius 2 is 1.76 bits per heavy atom. The minimum absolute atomic E-state index is 0.106. The molecular formula is C19H18FN3OS. The van der Waals surface area contributed by atoms with E-state index >= 15 is 0 Å². The van der Waals surface area contributed by atoms with Gasteiger partial charge in [-0.25, -0.2) is 13.7 Å². The Morgan fingerprint density at radius 1 is 1.04 bits per heavy atom. The molecule has 4 rings (SSSR count). The summed E-state index contributed by atoms with van der Waals surface area (Å²) >= 11 is 1.67. The second-order valence-corrected chi connectivity index (χ2v) is 7.43. The van der Waals surface area contributed by atoms with Gasteiger partial charge in [-0.1, -0.05) is 18.2 Å². The Hall–Kier alpha value is -2.18. The third kappa shape index (κ3) is 3.75. The van der Waals surface area contributed by atoms with E-state index in [1.165, 1.54) is 23.3 Å². The highest BCUT2D eigenvalue weighted by atomic mass is 32.2. The van der Waals surface area contributed by atoms with E-state index in [0.29, 0.717) is 6.42 Å². The van der Waals surface area contributed by atoms with Crippen LogP contribution in [-0.2, 0) is 11.2 Å².